The molecule has 0 saturated heterocycles. The van der Waals surface area contributed by atoms with Crippen molar-refractivity contribution in [2.75, 3.05) is 0 Å². The summed E-state index contributed by atoms with van der Waals surface area (Å²) >= 11 is 0. The number of amides is 1. The van der Waals surface area contributed by atoms with E-state index in [0.29, 0.717) is 5.76 Å². The lowest BCUT2D eigenvalue weighted by atomic mass is 9.97. The van der Waals surface area contributed by atoms with Gasteiger partial charge >= 0.3 is 0 Å². The molecular formula is C14H16N2O3. The molecule has 1 N–H and O–H groups in total. The van der Waals surface area contributed by atoms with Crippen LogP contribution in [0, 0.1) is 17.2 Å². The maximum Gasteiger partial charge on any atom is 0.269 e. The van der Waals surface area contributed by atoms with Crippen molar-refractivity contribution in [1.29, 1.82) is 5.26 Å². The highest BCUT2D eigenvalue weighted by Gasteiger charge is 2.42. The Hall–Kier alpha value is -2.22. The second-order valence-electron chi connectivity index (χ2n) is 4.71. The van der Waals surface area contributed by atoms with Gasteiger partial charge in [0.15, 0.2) is 5.57 Å². The van der Waals surface area contributed by atoms with E-state index in [0.717, 1.165) is 6.42 Å². The van der Waals surface area contributed by atoms with Gasteiger partial charge in [-0.05, 0) is 18.1 Å². The predicted octanol–water partition coefficient (Wildman–Crippen LogP) is 2.37. The number of hydrogen-bond donors (Lipinski definition) is 1. The summed E-state index contributed by atoms with van der Waals surface area (Å²) in [6.07, 6.45) is 2.34. The van der Waals surface area contributed by atoms with Gasteiger partial charge in [0.2, 0.25) is 0 Å². The summed E-state index contributed by atoms with van der Waals surface area (Å²) in [6, 6.07) is 4.85. The largest absolute Gasteiger partial charge is 0.508 e. The number of carbonyl (C=O) groups is 1. The van der Waals surface area contributed by atoms with Crippen LogP contribution in [0.25, 0.3) is 0 Å². The van der Waals surface area contributed by atoms with E-state index in [9.17, 15) is 9.90 Å². The number of aliphatic hydroxyl groups is 1. The molecule has 1 aliphatic rings. The van der Waals surface area contributed by atoms with Crippen LogP contribution in [0.5, 0.6) is 0 Å². The van der Waals surface area contributed by atoms with Crippen molar-refractivity contribution in [2.24, 2.45) is 5.92 Å². The van der Waals surface area contributed by atoms with Gasteiger partial charge in [-0.25, -0.2) is 0 Å². The molecule has 0 aromatic carbocycles. The van der Waals surface area contributed by atoms with Gasteiger partial charge in [0, 0.05) is 0 Å². The Morgan fingerprint density at radius 3 is 2.89 bits per heavy atom. The number of aliphatic hydroxyl groups excluding tert-OH is 1. The van der Waals surface area contributed by atoms with Crippen molar-refractivity contribution in [3.8, 4) is 6.07 Å². The van der Waals surface area contributed by atoms with Gasteiger partial charge < -0.3 is 14.4 Å². The zero-order valence-electron chi connectivity index (χ0n) is 11.0. The topological polar surface area (TPSA) is 77.5 Å². The first-order valence-electron chi connectivity index (χ1n) is 6.26. The normalized spacial score (nSPS) is 20.8. The Morgan fingerprint density at radius 1 is 1.63 bits per heavy atom. The minimum atomic E-state index is -0.447. The van der Waals surface area contributed by atoms with E-state index in [1.807, 2.05) is 13.8 Å². The molecule has 0 spiro atoms. The second kappa shape index (κ2) is 5.19. The second-order valence-corrected chi connectivity index (χ2v) is 4.71. The maximum atomic E-state index is 12.1. The molecule has 19 heavy (non-hydrogen) atoms. The predicted molar refractivity (Wildman–Crippen MR) is 67.8 cm³/mol. The van der Waals surface area contributed by atoms with Crippen LogP contribution in [0.15, 0.2) is 34.1 Å². The van der Waals surface area contributed by atoms with Crippen molar-refractivity contribution >= 4 is 5.91 Å². The van der Waals surface area contributed by atoms with Gasteiger partial charge in [0.05, 0.1) is 18.8 Å². The zero-order valence-corrected chi connectivity index (χ0v) is 11.0. The number of nitrogens with zero attached hydrogens (tertiary/aromatic N) is 2. The van der Waals surface area contributed by atoms with Crippen LogP contribution in [-0.4, -0.2) is 22.0 Å². The molecule has 2 heterocycles. The van der Waals surface area contributed by atoms with Gasteiger partial charge in [-0.1, -0.05) is 20.3 Å². The first-order chi connectivity index (χ1) is 9.10. The average Bonchev–Trinajstić information content (AvgIpc) is 2.98. The minimum absolute atomic E-state index is 0.0739. The lowest BCUT2D eigenvalue weighted by Gasteiger charge is -2.28. The van der Waals surface area contributed by atoms with Crippen molar-refractivity contribution in [1.82, 2.24) is 4.90 Å². The van der Waals surface area contributed by atoms with E-state index >= 15 is 0 Å². The van der Waals surface area contributed by atoms with E-state index in [-0.39, 0.29) is 23.8 Å². The van der Waals surface area contributed by atoms with Gasteiger partial charge in [-0.2, -0.15) is 5.26 Å². The molecule has 0 aliphatic carbocycles. The van der Waals surface area contributed by atoms with Crippen LogP contribution in [0.2, 0.25) is 0 Å². The summed E-state index contributed by atoms with van der Waals surface area (Å²) < 4.78 is 5.23. The molecule has 1 aromatic heterocycles. The molecule has 1 aliphatic heterocycles. The van der Waals surface area contributed by atoms with Crippen molar-refractivity contribution < 1.29 is 14.3 Å². The lowest BCUT2D eigenvalue weighted by molar-refractivity contribution is -0.128. The van der Waals surface area contributed by atoms with E-state index < -0.39 is 11.9 Å². The minimum Gasteiger partial charge on any atom is -0.508 e. The van der Waals surface area contributed by atoms with Gasteiger partial charge in [0.1, 0.15) is 17.6 Å². The average molecular weight is 260 g/mol. The molecule has 0 saturated carbocycles. The number of carbonyl (C=O) groups excluding carboxylic acids is 1. The molecule has 1 amide bonds. The Labute approximate surface area is 111 Å². The van der Waals surface area contributed by atoms with Crippen LogP contribution >= 0.6 is 0 Å². The fraction of sp³-hybridized carbons (Fsp3) is 0.429. The van der Waals surface area contributed by atoms with Crippen molar-refractivity contribution in [2.45, 2.75) is 32.9 Å². The standard InChI is InChI=1S/C14H16N2O3/c1-3-9(2)12-13(17)11(7-15)14(18)16(12)8-10-5-4-6-19-10/h4-6,9,12,17H,3,8H2,1-2H3. The van der Waals surface area contributed by atoms with E-state index in [4.69, 9.17) is 9.68 Å². The molecule has 2 rings (SSSR count). The van der Waals surface area contributed by atoms with E-state index in [1.54, 1.807) is 18.2 Å². The summed E-state index contributed by atoms with van der Waals surface area (Å²) in [5.41, 5.74) is -0.156. The Kier molecular flexibility index (Phi) is 3.61. The Bertz CT molecular complexity index is 540. The maximum absolute atomic E-state index is 12.1. The number of nitriles is 1. The summed E-state index contributed by atoms with van der Waals surface area (Å²) in [7, 11) is 0. The fourth-order valence-electron chi connectivity index (χ4n) is 2.32. The van der Waals surface area contributed by atoms with Crippen LogP contribution in [-0.2, 0) is 11.3 Å². The van der Waals surface area contributed by atoms with Crippen molar-refractivity contribution in [3.63, 3.8) is 0 Å². The Morgan fingerprint density at radius 2 is 2.37 bits per heavy atom. The van der Waals surface area contributed by atoms with E-state index in [2.05, 4.69) is 0 Å². The fourth-order valence-corrected chi connectivity index (χ4v) is 2.32. The highest BCUT2D eigenvalue weighted by atomic mass is 16.3. The smallest absolute Gasteiger partial charge is 0.269 e. The van der Waals surface area contributed by atoms with Gasteiger partial charge in [-0.15, -0.1) is 0 Å². The third-order valence-corrected chi connectivity index (χ3v) is 3.55. The zero-order chi connectivity index (χ0) is 14.0. The molecule has 2 atom stereocenters. The number of furan rings is 1. The molecule has 0 bridgehead atoms. The van der Waals surface area contributed by atoms with Crippen LogP contribution < -0.4 is 0 Å². The van der Waals surface area contributed by atoms with Crippen LogP contribution in [0.4, 0.5) is 0 Å². The molecule has 5 heteroatoms. The SMILES string of the molecule is CCC(C)C1C(O)=C(C#N)C(=O)N1Cc1ccco1. The van der Waals surface area contributed by atoms with Crippen LogP contribution in [0.3, 0.4) is 0 Å². The highest BCUT2D eigenvalue weighted by molar-refractivity contribution is 6.00. The third-order valence-electron chi connectivity index (χ3n) is 3.55. The van der Waals surface area contributed by atoms with Crippen LogP contribution in [0.1, 0.15) is 26.0 Å². The molecule has 5 nitrogen and oxygen atoms in total. The quantitative estimate of drug-likeness (QED) is 0.901. The molecule has 0 fully saturated rings. The van der Waals surface area contributed by atoms with Gasteiger partial charge in [-0.3, -0.25) is 4.79 Å². The highest BCUT2D eigenvalue weighted by Crippen LogP contribution is 2.31. The Balaban J connectivity index is 2.31. The molecule has 100 valence electrons. The molecular weight excluding hydrogens is 244 g/mol. The summed E-state index contributed by atoms with van der Waals surface area (Å²) in [4.78, 5) is 13.6. The molecule has 2 unspecified atom stereocenters. The summed E-state index contributed by atoms with van der Waals surface area (Å²) in [6.45, 7) is 4.19. The first kappa shape index (κ1) is 13.2. The number of hydrogen-bond acceptors (Lipinski definition) is 4. The monoisotopic (exact) mass is 260 g/mol. The van der Waals surface area contributed by atoms with Crippen molar-refractivity contribution in [3.05, 3.63) is 35.5 Å². The van der Waals surface area contributed by atoms with E-state index in [1.165, 1.54) is 11.2 Å². The molecule has 0 radical (unpaired) electrons. The molecule has 1 aromatic rings. The first-order valence-corrected chi connectivity index (χ1v) is 6.26. The third kappa shape index (κ3) is 2.22. The lowest BCUT2D eigenvalue weighted by Crippen LogP contribution is -2.39. The summed E-state index contributed by atoms with van der Waals surface area (Å²) in [5, 5.41) is 19.1. The summed E-state index contributed by atoms with van der Waals surface area (Å²) in [5.74, 6) is 0.161. The number of rotatable bonds is 4. The van der Waals surface area contributed by atoms with Gasteiger partial charge in [0.25, 0.3) is 5.91 Å².